The first kappa shape index (κ1) is 19.2. The van der Waals surface area contributed by atoms with Gasteiger partial charge in [-0.15, -0.1) is 0 Å². The molecular weight excluding hydrogens is 370 g/mol. The van der Waals surface area contributed by atoms with Crippen molar-refractivity contribution in [3.8, 4) is 0 Å². The molecule has 8 heteroatoms. The average Bonchev–Trinajstić information content (AvgIpc) is 3.16. The third kappa shape index (κ3) is 3.62. The minimum absolute atomic E-state index is 0.154. The van der Waals surface area contributed by atoms with Crippen LogP contribution in [0.15, 0.2) is 30.5 Å². The van der Waals surface area contributed by atoms with Gasteiger partial charge in [-0.3, -0.25) is 4.79 Å². The standard InChI is InChI=1S/C21H25N5O3/c1-3-22-21-23-12-17-18(24-21)25-10-6-9-16(25)13-26(19(17)27)15-8-5-7-14(11-15)20(28)29-4-2/h5,7-8,11-12,16H,3-4,6,9-10,13H2,1-2H3,(H,22,23,24). The number of nitrogens with one attached hydrogen (secondary N) is 1. The Hall–Kier alpha value is -3.16. The van der Waals surface area contributed by atoms with Crippen molar-refractivity contribution in [2.75, 3.05) is 41.4 Å². The van der Waals surface area contributed by atoms with Crippen LogP contribution >= 0.6 is 0 Å². The second kappa shape index (κ2) is 8.06. The Morgan fingerprint density at radius 3 is 3.00 bits per heavy atom. The first-order valence-electron chi connectivity index (χ1n) is 10.1. The lowest BCUT2D eigenvalue weighted by Gasteiger charge is -2.27. The number of anilines is 3. The molecule has 0 bridgehead atoms. The molecule has 1 aromatic heterocycles. The Bertz CT molecular complexity index is 932. The summed E-state index contributed by atoms with van der Waals surface area (Å²) in [7, 11) is 0. The molecule has 0 saturated carbocycles. The molecule has 1 atom stereocenters. The molecule has 1 N–H and O–H groups in total. The van der Waals surface area contributed by atoms with Crippen LogP contribution in [0.4, 0.5) is 17.5 Å². The molecule has 1 fully saturated rings. The molecule has 2 aliphatic heterocycles. The van der Waals surface area contributed by atoms with E-state index < -0.39 is 5.97 Å². The monoisotopic (exact) mass is 395 g/mol. The predicted molar refractivity (Wildman–Crippen MR) is 111 cm³/mol. The molecule has 29 heavy (non-hydrogen) atoms. The highest BCUT2D eigenvalue weighted by Gasteiger charge is 2.37. The zero-order valence-corrected chi connectivity index (χ0v) is 16.7. The quantitative estimate of drug-likeness (QED) is 0.779. The number of fused-ring (bicyclic) bond motifs is 3. The number of rotatable bonds is 5. The van der Waals surface area contributed by atoms with Crippen LogP contribution in [0.25, 0.3) is 0 Å². The number of hydrogen-bond acceptors (Lipinski definition) is 7. The van der Waals surface area contributed by atoms with E-state index in [1.807, 2.05) is 13.0 Å². The second-order valence-electron chi connectivity index (χ2n) is 7.14. The van der Waals surface area contributed by atoms with Crippen LogP contribution in [0.5, 0.6) is 0 Å². The van der Waals surface area contributed by atoms with Crippen LogP contribution in [0.3, 0.4) is 0 Å². The van der Waals surface area contributed by atoms with Gasteiger partial charge in [0.25, 0.3) is 5.91 Å². The largest absolute Gasteiger partial charge is 0.462 e. The van der Waals surface area contributed by atoms with Crippen LogP contribution in [0, 0.1) is 0 Å². The highest BCUT2D eigenvalue weighted by molar-refractivity contribution is 6.10. The van der Waals surface area contributed by atoms with E-state index in [4.69, 9.17) is 4.74 Å². The lowest BCUT2D eigenvalue weighted by molar-refractivity contribution is 0.0526. The van der Waals surface area contributed by atoms with Gasteiger partial charge < -0.3 is 19.9 Å². The molecule has 1 unspecified atom stereocenters. The maximum absolute atomic E-state index is 13.4. The van der Waals surface area contributed by atoms with Crippen molar-refractivity contribution < 1.29 is 14.3 Å². The summed E-state index contributed by atoms with van der Waals surface area (Å²) < 4.78 is 5.11. The van der Waals surface area contributed by atoms with Crippen LogP contribution in [0.1, 0.15) is 47.4 Å². The number of esters is 1. The Labute approximate surface area is 169 Å². The Kier molecular flexibility index (Phi) is 5.33. The lowest BCUT2D eigenvalue weighted by atomic mass is 10.1. The molecule has 1 saturated heterocycles. The van der Waals surface area contributed by atoms with E-state index in [-0.39, 0.29) is 11.9 Å². The number of aromatic nitrogens is 2. The summed E-state index contributed by atoms with van der Waals surface area (Å²) in [6, 6.07) is 7.21. The van der Waals surface area contributed by atoms with Gasteiger partial charge in [-0.05, 0) is 44.9 Å². The maximum Gasteiger partial charge on any atom is 0.338 e. The van der Waals surface area contributed by atoms with Crippen LogP contribution in [0.2, 0.25) is 0 Å². The third-order valence-electron chi connectivity index (χ3n) is 5.29. The molecule has 4 rings (SSSR count). The van der Waals surface area contributed by atoms with E-state index in [2.05, 4.69) is 20.2 Å². The van der Waals surface area contributed by atoms with Crippen LogP contribution in [-0.4, -0.2) is 54.1 Å². The van der Waals surface area contributed by atoms with Crippen molar-refractivity contribution in [2.24, 2.45) is 0 Å². The summed E-state index contributed by atoms with van der Waals surface area (Å²) in [6.45, 7) is 6.18. The lowest BCUT2D eigenvalue weighted by Crippen LogP contribution is -2.39. The van der Waals surface area contributed by atoms with Gasteiger partial charge in [-0.2, -0.15) is 4.98 Å². The number of carbonyl (C=O) groups excluding carboxylic acids is 2. The van der Waals surface area contributed by atoms with E-state index >= 15 is 0 Å². The SMILES string of the molecule is CCNc1ncc2c(n1)N1CCCC1CN(c1cccc(C(=O)OCC)c1)C2=O. The number of carbonyl (C=O) groups is 2. The molecule has 2 aromatic rings. The number of amides is 1. The molecule has 0 radical (unpaired) electrons. The molecule has 1 amide bonds. The van der Waals surface area contributed by atoms with E-state index in [1.165, 1.54) is 0 Å². The minimum Gasteiger partial charge on any atom is -0.462 e. The number of nitrogens with zero attached hydrogens (tertiary/aromatic N) is 4. The van der Waals surface area contributed by atoms with Gasteiger partial charge in [-0.25, -0.2) is 9.78 Å². The fraction of sp³-hybridized carbons (Fsp3) is 0.429. The van der Waals surface area contributed by atoms with Crippen LogP contribution < -0.4 is 15.1 Å². The van der Waals surface area contributed by atoms with Gasteiger partial charge >= 0.3 is 5.97 Å². The fourth-order valence-electron chi connectivity index (χ4n) is 3.97. The zero-order valence-electron chi connectivity index (χ0n) is 16.7. The smallest absolute Gasteiger partial charge is 0.338 e. The Balaban J connectivity index is 1.74. The molecular formula is C21H25N5O3. The average molecular weight is 395 g/mol. The molecule has 1 aromatic carbocycles. The van der Waals surface area contributed by atoms with E-state index in [0.29, 0.717) is 48.3 Å². The summed E-state index contributed by atoms with van der Waals surface area (Å²) in [5.41, 5.74) is 1.59. The maximum atomic E-state index is 13.4. The number of benzene rings is 1. The van der Waals surface area contributed by atoms with Gasteiger partial charge in [0.05, 0.1) is 12.2 Å². The first-order valence-corrected chi connectivity index (χ1v) is 10.1. The fourth-order valence-corrected chi connectivity index (χ4v) is 3.97. The molecule has 3 heterocycles. The van der Waals surface area contributed by atoms with Gasteiger partial charge in [0.2, 0.25) is 5.95 Å². The summed E-state index contributed by atoms with van der Waals surface area (Å²) in [5, 5.41) is 3.12. The topological polar surface area (TPSA) is 87.7 Å². The van der Waals surface area contributed by atoms with Crippen molar-refractivity contribution >= 4 is 29.3 Å². The number of hydrogen-bond donors (Lipinski definition) is 1. The van der Waals surface area contributed by atoms with E-state index in [9.17, 15) is 9.59 Å². The summed E-state index contributed by atoms with van der Waals surface area (Å²) in [5.74, 6) is 0.673. The van der Waals surface area contributed by atoms with Crippen molar-refractivity contribution in [2.45, 2.75) is 32.7 Å². The van der Waals surface area contributed by atoms with Crippen LogP contribution in [-0.2, 0) is 4.74 Å². The zero-order chi connectivity index (χ0) is 20.4. The molecule has 0 spiro atoms. The summed E-state index contributed by atoms with van der Waals surface area (Å²) in [6.07, 6.45) is 3.64. The van der Waals surface area contributed by atoms with Crippen molar-refractivity contribution in [1.82, 2.24) is 9.97 Å². The second-order valence-corrected chi connectivity index (χ2v) is 7.14. The van der Waals surface area contributed by atoms with E-state index in [1.54, 1.807) is 36.2 Å². The molecule has 152 valence electrons. The van der Waals surface area contributed by atoms with Gasteiger partial charge in [0.15, 0.2) is 0 Å². The normalized spacial score (nSPS) is 18.1. The van der Waals surface area contributed by atoms with Gasteiger partial charge in [0, 0.05) is 37.6 Å². The summed E-state index contributed by atoms with van der Waals surface area (Å²) in [4.78, 5) is 38.5. The number of ether oxygens (including phenoxy) is 1. The molecule has 0 aliphatic carbocycles. The Morgan fingerprint density at radius 1 is 1.34 bits per heavy atom. The highest BCUT2D eigenvalue weighted by Crippen LogP contribution is 2.34. The van der Waals surface area contributed by atoms with Gasteiger partial charge in [0.1, 0.15) is 11.4 Å². The van der Waals surface area contributed by atoms with Crippen molar-refractivity contribution in [3.05, 3.63) is 41.6 Å². The van der Waals surface area contributed by atoms with Crippen molar-refractivity contribution in [1.29, 1.82) is 0 Å². The predicted octanol–water partition coefficient (Wildman–Crippen LogP) is 2.71. The van der Waals surface area contributed by atoms with E-state index in [0.717, 1.165) is 19.4 Å². The minimum atomic E-state index is -0.391. The van der Waals surface area contributed by atoms with Crippen molar-refractivity contribution in [3.63, 3.8) is 0 Å². The third-order valence-corrected chi connectivity index (χ3v) is 5.29. The summed E-state index contributed by atoms with van der Waals surface area (Å²) >= 11 is 0. The highest BCUT2D eigenvalue weighted by atomic mass is 16.5. The van der Waals surface area contributed by atoms with Gasteiger partial charge in [-0.1, -0.05) is 6.07 Å². The Morgan fingerprint density at radius 2 is 2.21 bits per heavy atom. The first-order chi connectivity index (χ1) is 14.1. The molecule has 8 nitrogen and oxygen atoms in total. The molecule has 2 aliphatic rings.